The van der Waals surface area contributed by atoms with Crippen molar-refractivity contribution >= 4 is 11.9 Å². The topological polar surface area (TPSA) is 92.4 Å². The number of carboxylic acid groups (broad SMARTS) is 1. The van der Waals surface area contributed by atoms with Crippen LogP contribution in [0.2, 0.25) is 0 Å². The number of amides is 1. The number of nitrogens with two attached hydrogens (primary N) is 1. The van der Waals surface area contributed by atoms with Gasteiger partial charge < -0.3 is 16.2 Å². The fourth-order valence-corrected chi connectivity index (χ4v) is 1.47. The molecule has 2 atom stereocenters. The summed E-state index contributed by atoms with van der Waals surface area (Å²) in [5, 5.41) is 11.6. The van der Waals surface area contributed by atoms with Gasteiger partial charge >= 0.3 is 5.97 Å². The molecule has 5 nitrogen and oxygen atoms in total. The van der Waals surface area contributed by atoms with Crippen LogP contribution in [0.3, 0.4) is 0 Å². The second-order valence-electron chi connectivity index (χ2n) is 5.57. The molecule has 0 aliphatic rings. The molecule has 0 aromatic rings. The molecule has 0 aromatic heterocycles. The van der Waals surface area contributed by atoms with E-state index in [1.807, 2.05) is 6.92 Å². The van der Waals surface area contributed by atoms with Gasteiger partial charge in [0, 0.05) is 12.5 Å². The van der Waals surface area contributed by atoms with E-state index in [4.69, 9.17) is 10.8 Å². The first-order valence-electron chi connectivity index (χ1n) is 5.92. The SMILES string of the molecule is CC(N)CCCC(=O)N[C@@H](C(=O)O)C(C)(C)C. The summed E-state index contributed by atoms with van der Waals surface area (Å²) in [6.45, 7) is 7.24. The lowest BCUT2D eigenvalue weighted by Gasteiger charge is -2.27. The van der Waals surface area contributed by atoms with Crippen molar-refractivity contribution in [3.63, 3.8) is 0 Å². The number of carbonyl (C=O) groups excluding carboxylic acids is 1. The largest absolute Gasteiger partial charge is 0.480 e. The smallest absolute Gasteiger partial charge is 0.326 e. The molecule has 0 heterocycles. The van der Waals surface area contributed by atoms with Crippen LogP contribution in [0.4, 0.5) is 0 Å². The summed E-state index contributed by atoms with van der Waals surface area (Å²) in [5.74, 6) is -1.23. The van der Waals surface area contributed by atoms with Crippen LogP contribution in [0.15, 0.2) is 0 Å². The minimum Gasteiger partial charge on any atom is -0.480 e. The maximum atomic E-state index is 11.6. The first kappa shape index (κ1) is 15.9. The summed E-state index contributed by atoms with van der Waals surface area (Å²) in [4.78, 5) is 22.6. The molecule has 5 heteroatoms. The summed E-state index contributed by atoms with van der Waals surface area (Å²) >= 11 is 0. The number of aliphatic carboxylic acids is 1. The third-order valence-corrected chi connectivity index (χ3v) is 2.48. The van der Waals surface area contributed by atoms with Crippen molar-refractivity contribution in [3.8, 4) is 0 Å². The average Bonchev–Trinajstić information content (AvgIpc) is 2.11. The first-order chi connectivity index (χ1) is 7.64. The Hall–Kier alpha value is -1.10. The zero-order valence-corrected chi connectivity index (χ0v) is 11.1. The van der Waals surface area contributed by atoms with E-state index >= 15 is 0 Å². The molecule has 1 unspecified atom stereocenters. The van der Waals surface area contributed by atoms with E-state index in [9.17, 15) is 9.59 Å². The molecule has 0 aromatic carbocycles. The van der Waals surface area contributed by atoms with Crippen molar-refractivity contribution in [2.75, 3.05) is 0 Å². The molecule has 0 radical (unpaired) electrons. The van der Waals surface area contributed by atoms with Gasteiger partial charge in [0.25, 0.3) is 0 Å². The number of rotatable bonds is 6. The van der Waals surface area contributed by atoms with Crippen LogP contribution < -0.4 is 11.1 Å². The van der Waals surface area contributed by atoms with E-state index in [0.29, 0.717) is 12.8 Å². The van der Waals surface area contributed by atoms with Gasteiger partial charge in [0.05, 0.1) is 0 Å². The lowest BCUT2D eigenvalue weighted by atomic mass is 9.86. The van der Waals surface area contributed by atoms with Gasteiger partial charge in [-0.15, -0.1) is 0 Å². The van der Waals surface area contributed by atoms with Crippen molar-refractivity contribution in [3.05, 3.63) is 0 Å². The average molecular weight is 244 g/mol. The maximum absolute atomic E-state index is 11.6. The second-order valence-corrected chi connectivity index (χ2v) is 5.57. The lowest BCUT2D eigenvalue weighted by molar-refractivity contribution is -0.145. The van der Waals surface area contributed by atoms with Crippen LogP contribution in [0.1, 0.15) is 47.0 Å². The summed E-state index contributed by atoms with van der Waals surface area (Å²) in [7, 11) is 0. The predicted octanol–water partition coefficient (Wildman–Crippen LogP) is 1.12. The van der Waals surface area contributed by atoms with E-state index in [1.54, 1.807) is 20.8 Å². The van der Waals surface area contributed by atoms with E-state index < -0.39 is 17.4 Å². The minimum absolute atomic E-state index is 0.0701. The van der Waals surface area contributed by atoms with Crippen molar-refractivity contribution in [1.82, 2.24) is 5.32 Å². The molecule has 0 saturated carbocycles. The highest BCUT2D eigenvalue weighted by atomic mass is 16.4. The van der Waals surface area contributed by atoms with Gasteiger partial charge in [0.15, 0.2) is 0 Å². The molecule has 0 saturated heterocycles. The Morgan fingerprint density at radius 1 is 1.35 bits per heavy atom. The van der Waals surface area contributed by atoms with Crippen molar-refractivity contribution in [1.29, 1.82) is 0 Å². The minimum atomic E-state index is -1.00. The molecule has 0 bridgehead atoms. The number of carbonyl (C=O) groups is 2. The number of carboxylic acids is 1. The van der Waals surface area contributed by atoms with E-state index in [-0.39, 0.29) is 11.9 Å². The Bertz CT molecular complexity index is 269. The van der Waals surface area contributed by atoms with E-state index in [0.717, 1.165) is 6.42 Å². The highest BCUT2D eigenvalue weighted by molar-refractivity contribution is 5.84. The molecular formula is C12H24N2O3. The van der Waals surface area contributed by atoms with Crippen molar-refractivity contribution in [2.45, 2.75) is 59.0 Å². The van der Waals surface area contributed by atoms with Gasteiger partial charge in [0.1, 0.15) is 6.04 Å². The Morgan fingerprint density at radius 3 is 2.24 bits per heavy atom. The molecule has 0 aliphatic carbocycles. The summed E-state index contributed by atoms with van der Waals surface area (Å²) in [5.41, 5.74) is 5.07. The summed E-state index contributed by atoms with van der Waals surface area (Å²) < 4.78 is 0. The van der Waals surface area contributed by atoms with Crippen LogP contribution >= 0.6 is 0 Å². The van der Waals surface area contributed by atoms with Gasteiger partial charge in [0.2, 0.25) is 5.91 Å². The monoisotopic (exact) mass is 244 g/mol. The third-order valence-electron chi connectivity index (χ3n) is 2.48. The highest BCUT2D eigenvalue weighted by Gasteiger charge is 2.32. The van der Waals surface area contributed by atoms with E-state index in [2.05, 4.69) is 5.32 Å². The molecule has 0 aliphatic heterocycles. The van der Waals surface area contributed by atoms with Crippen LogP contribution in [-0.4, -0.2) is 29.1 Å². The van der Waals surface area contributed by atoms with Gasteiger partial charge in [-0.2, -0.15) is 0 Å². The molecule has 4 N–H and O–H groups in total. The maximum Gasteiger partial charge on any atom is 0.326 e. The van der Waals surface area contributed by atoms with Crippen molar-refractivity contribution < 1.29 is 14.7 Å². The Morgan fingerprint density at radius 2 is 1.88 bits per heavy atom. The first-order valence-corrected chi connectivity index (χ1v) is 5.92. The molecule has 17 heavy (non-hydrogen) atoms. The fraction of sp³-hybridized carbons (Fsp3) is 0.833. The molecule has 100 valence electrons. The van der Waals surface area contributed by atoms with Gasteiger partial charge in [-0.25, -0.2) is 4.79 Å². The van der Waals surface area contributed by atoms with Crippen molar-refractivity contribution in [2.24, 2.45) is 11.1 Å². The Kier molecular flexibility index (Phi) is 6.16. The quantitative estimate of drug-likeness (QED) is 0.652. The number of hydrogen-bond acceptors (Lipinski definition) is 3. The number of hydrogen-bond donors (Lipinski definition) is 3. The zero-order chi connectivity index (χ0) is 13.6. The highest BCUT2D eigenvalue weighted by Crippen LogP contribution is 2.19. The Balaban J connectivity index is 4.20. The standard InChI is InChI=1S/C12H24N2O3/c1-8(13)6-5-7-9(15)14-10(11(16)17)12(2,3)4/h8,10H,5-7,13H2,1-4H3,(H,14,15)(H,16,17)/t8?,10-/m0/s1. The molecule has 0 spiro atoms. The van der Waals surface area contributed by atoms with Crippen LogP contribution in [0, 0.1) is 5.41 Å². The normalized spacial score (nSPS) is 15.1. The van der Waals surface area contributed by atoms with Gasteiger partial charge in [-0.1, -0.05) is 20.8 Å². The van der Waals surface area contributed by atoms with Crippen LogP contribution in [0.5, 0.6) is 0 Å². The van der Waals surface area contributed by atoms with Crippen LogP contribution in [0.25, 0.3) is 0 Å². The number of nitrogens with one attached hydrogen (secondary N) is 1. The second kappa shape index (κ2) is 6.59. The molecular weight excluding hydrogens is 220 g/mol. The van der Waals surface area contributed by atoms with E-state index in [1.165, 1.54) is 0 Å². The lowest BCUT2D eigenvalue weighted by Crippen LogP contribution is -2.49. The van der Waals surface area contributed by atoms with Crippen LogP contribution in [-0.2, 0) is 9.59 Å². The van der Waals surface area contributed by atoms with Gasteiger partial charge in [-0.3, -0.25) is 4.79 Å². The Labute approximate surface area is 103 Å². The fourth-order valence-electron chi connectivity index (χ4n) is 1.47. The molecule has 0 fully saturated rings. The summed E-state index contributed by atoms with van der Waals surface area (Å²) in [6, 6.07) is -0.786. The zero-order valence-electron chi connectivity index (χ0n) is 11.1. The molecule has 0 rings (SSSR count). The third kappa shape index (κ3) is 6.94. The predicted molar refractivity (Wildman–Crippen MR) is 66.5 cm³/mol. The molecule has 1 amide bonds. The summed E-state index contributed by atoms with van der Waals surface area (Å²) in [6.07, 6.45) is 1.77. The van der Waals surface area contributed by atoms with Gasteiger partial charge in [-0.05, 0) is 25.2 Å².